The predicted octanol–water partition coefficient (Wildman–Crippen LogP) is 2.79. The van der Waals surface area contributed by atoms with E-state index in [0.717, 1.165) is 31.5 Å². The van der Waals surface area contributed by atoms with Crippen LogP contribution >= 0.6 is 0 Å². The van der Waals surface area contributed by atoms with Crippen molar-refractivity contribution >= 4 is 5.97 Å². The highest BCUT2D eigenvalue weighted by molar-refractivity contribution is 5.74. The number of hydrogen-bond acceptors (Lipinski definition) is 2. The number of carboxylic acids is 1. The zero-order chi connectivity index (χ0) is 13.8. The molecule has 104 valence electrons. The smallest absolute Gasteiger partial charge is 0.321 e. The summed E-state index contributed by atoms with van der Waals surface area (Å²) in [5.74, 6) is -0.693. The Labute approximate surface area is 115 Å². The summed E-state index contributed by atoms with van der Waals surface area (Å²) >= 11 is 0. The van der Waals surface area contributed by atoms with E-state index in [2.05, 4.69) is 36.9 Å². The molecule has 1 atom stereocenters. The maximum atomic E-state index is 11.5. The van der Waals surface area contributed by atoms with E-state index in [0.29, 0.717) is 6.42 Å². The minimum absolute atomic E-state index is 0.373. The van der Waals surface area contributed by atoms with Crippen LogP contribution in [0.2, 0.25) is 0 Å². The second kappa shape index (κ2) is 6.20. The highest BCUT2D eigenvalue weighted by Gasteiger charge is 2.27. The second-order valence-corrected chi connectivity index (χ2v) is 5.58. The minimum atomic E-state index is -0.693. The number of nitrogens with zero attached hydrogens (tertiary/aromatic N) is 1. The van der Waals surface area contributed by atoms with Gasteiger partial charge in [-0.1, -0.05) is 30.2 Å². The predicted molar refractivity (Wildman–Crippen MR) is 76.5 cm³/mol. The number of carboxylic acid groups (broad SMARTS) is 1. The minimum Gasteiger partial charge on any atom is -0.480 e. The van der Waals surface area contributed by atoms with Crippen LogP contribution in [0.4, 0.5) is 0 Å². The quantitative estimate of drug-likeness (QED) is 0.906. The van der Waals surface area contributed by atoms with Crippen LogP contribution in [-0.4, -0.2) is 35.1 Å². The molecular formula is C16H23NO2. The third kappa shape index (κ3) is 3.57. The van der Waals surface area contributed by atoms with Gasteiger partial charge in [-0.2, -0.15) is 0 Å². The Bertz CT molecular complexity index is 450. The third-order valence-electron chi connectivity index (χ3n) is 4.03. The van der Waals surface area contributed by atoms with Crippen LogP contribution < -0.4 is 0 Å². The van der Waals surface area contributed by atoms with Crippen molar-refractivity contribution in [2.75, 3.05) is 13.1 Å². The summed E-state index contributed by atoms with van der Waals surface area (Å²) in [7, 11) is 0. The Kier molecular flexibility index (Phi) is 4.59. The molecule has 0 amide bonds. The molecule has 0 radical (unpaired) electrons. The number of hydrogen-bond donors (Lipinski definition) is 1. The van der Waals surface area contributed by atoms with Crippen LogP contribution in [0.5, 0.6) is 0 Å². The molecule has 1 N–H and O–H groups in total. The maximum Gasteiger partial charge on any atom is 0.321 e. The van der Waals surface area contributed by atoms with Crippen molar-refractivity contribution in [1.82, 2.24) is 4.90 Å². The van der Waals surface area contributed by atoms with E-state index in [1.165, 1.54) is 17.5 Å². The number of carbonyl (C=O) groups is 1. The summed E-state index contributed by atoms with van der Waals surface area (Å²) in [6, 6.07) is 5.90. The summed E-state index contributed by atoms with van der Waals surface area (Å²) in [4.78, 5) is 13.7. The fourth-order valence-corrected chi connectivity index (χ4v) is 2.89. The fraction of sp³-hybridized carbons (Fsp3) is 0.562. The van der Waals surface area contributed by atoms with Gasteiger partial charge in [-0.05, 0) is 57.3 Å². The molecule has 1 aliphatic heterocycles. The molecule has 1 saturated heterocycles. The lowest BCUT2D eigenvalue weighted by Crippen LogP contribution is -2.45. The lowest BCUT2D eigenvalue weighted by molar-refractivity contribution is -0.143. The molecular weight excluding hydrogens is 238 g/mol. The van der Waals surface area contributed by atoms with Crippen LogP contribution in [0.1, 0.15) is 36.0 Å². The largest absolute Gasteiger partial charge is 0.480 e. The van der Waals surface area contributed by atoms with E-state index < -0.39 is 5.97 Å². The number of rotatable bonds is 4. The molecule has 19 heavy (non-hydrogen) atoms. The van der Waals surface area contributed by atoms with Gasteiger partial charge < -0.3 is 5.11 Å². The molecule has 0 unspecified atom stereocenters. The molecule has 3 nitrogen and oxygen atoms in total. The van der Waals surface area contributed by atoms with Crippen molar-refractivity contribution in [3.05, 3.63) is 34.9 Å². The van der Waals surface area contributed by atoms with E-state index in [-0.39, 0.29) is 6.04 Å². The number of likely N-dealkylation sites (tertiary alicyclic amines) is 1. The van der Waals surface area contributed by atoms with Gasteiger partial charge in [0.15, 0.2) is 0 Å². The number of aliphatic carboxylic acids is 1. The van der Waals surface area contributed by atoms with E-state index >= 15 is 0 Å². The van der Waals surface area contributed by atoms with Gasteiger partial charge in [0.1, 0.15) is 6.04 Å². The monoisotopic (exact) mass is 261 g/mol. The van der Waals surface area contributed by atoms with Gasteiger partial charge in [0.05, 0.1) is 0 Å². The van der Waals surface area contributed by atoms with Crippen molar-refractivity contribution in [3.63, 3.8) is 0 Å². The zero-order valence-corrected chi connectivity index (χ0v) is 11.9. The van der Waals surface area contributed by atoms with Crippen LogP contribution in [0.25, 0.3) is 0 Å². The standard InChI is InChI=1S/C16H23NO2/c1-12-6-7-14(13(2)10-12)11-15(16(18)19)17-8-4-3-5-9-17/h6-7,10,15H,3-5,8-9,11H2,1-2H3,(H,18,19)/t15-/m0/s1. The van der Waals surface area contributed by atoms with Gasteiger partial charge in [0.2, 0.25) is 0 Å². The fourth-order valence-electron chi connectivity index (χ4n) is 2.89. The summed E-state index contributed by atoms with van der Waals surface area (Å²) in [6.45, 7) is 5.97. The number of aryl methyl sites for hydroxylation is 2. The summed E-state index contributed by atoms with van der Waals surface area (Å²) < 4.78 is 0. The maximum absolute atomic E-state index is 11.5. The Balaban J connectivity index is 2.13. The summed E-state index contributed by atoms with van der Waals surface area (Å²) in [5, 5.41) is 9.49. The molecule has 1 aromatic rings. The first-order valence-corrected chi connectivity index (χ1v) is 7.11. The average Bonchev–Trinajstić information content (AvgIpc) is 2.38. The first kappa shape index (κ1) is 14.1. The van der Waals surface area contributed by atoms with E-state index in [9.17, 15) is 9.90 Å². The first-order chi connectivity index (χ1) is 9.08. The van der Waals surface area contributed by atoms with Gasteiger partial charge in [0.25, 0.3) is 0 Å². The topological polar surface area (TPSA) is 40.5 Å². The molecule has 2 rings (SSSR count). The highest BCUT2D eigenvalue weighted by atomic mass is 16.4. The van der Waals surface area contributed by atoms with Crippen molar-refractivity contribution in [3.8, 4) is 0 Å². The van der Waals surface area contributed by atoms with Crippen LogP contribution in [0.3, 0.4) is 0 Å². The Morgan fingerprint density at radius 3 is 2.53 bits per heavy atom. The van der Waals surface area contributed by atoms with Crippen LogP contribution in [0, 0.1) is 13.8 Å². The molecule has 0 spiro atoms. The van der Waals surface area contributed by atoms with Gasteiger partial charge in [0, 0.05) is 0 Å². The van der Waals surface area contributed by atoms with Crippen molar-refractivity contribution < 1.29 is 9.90 Å². The van der Waals surface area contributed by atoms with Crippen molar-refractivity contribution in [2.24, 2.45) is 0 Å². The van der Waals surface area contributed by atoms with E-state index in [4.69, 9.17) is 0 Å². The zero-order valence-electron chi connectivity index (χ0n) is 11.9. The van der Waals surface area contributed by atoms with E-state index in [1.807, 2.05) is 0 Å². The molecule has 1 aromatic carbocycles. The lowest BCUT2D eigenvalue weighted by Gasteiger charge is -2.32. The lowest BCUT2D eigenvalue weighted by atomic mass is 9.97. The van der Waals surface area contributed by atoms with Gasteiger partial charge >= 0.3 is 5.97 Å². The SMILES string of the molecule is Cc1ccc(C[C@@H](C(=O)O)N2CCCCC2)c(C)c1. The molecule has 0 aromatic heterocycles. The van der Waals surface area contributed by atoms with Gasteiger partial charge in [-0.25, -0.2) is 0 Å². The summed E-state index contributed by atoms with van der Waals surface area (Å²) in [5.41, 5.74) is 3.58. The molecule has 1 aliphatic rings. The van der Waals surface area contributed by atoms with Gasteiger partial charge in [-0.3, -0.25) is 9.69 Å². The molecule has 1 fully saturated rings. The normalized spacial score (nSPS) is 18.2. The average molecular weight is 261 g/mol. The first-order valence-electron chi connectivity index (χ1n) is 7.11. The number of benzene rings is 1. The van der Waals surface area contributed by atoms with Gasteiger partial charge in [-0.15, -0.1) is 0 Å². The number of piperidine rings is 1. The molecule has 1 heterocycles. The molecule has 0 saturated carbocycles. The molecule has 0 bridgehead atoms. The molecule has 3 heteroatoms. The van der Waals surface area contributed by atoms with Crippen LogP contribution in [-0.2, 0) is 11.2 Å². The second-order valence-electron chi connectivity index (χ2n) is 5.58. The third-order valence-corrected chi connectivity index (χ3v) is 4.03. The van der Waals surface area contributed by atoms with Crippen LogP contribution in [0.15, 0.2) is 18.2 Å². The van der Waals surface area contributed by atoms with Crippen molar-refractivity contribution in [1.29, 1.82) is 0 Å². The summed E-state index contributed by atoms with van der Waals surface area (Å²) in [6.07, 6.45) is 4.08. The Hall–Kier alpha value is -1.35. The molecule has 0 aliphatic carbocycles. The van der Waals surface area contributed by atoms with Crippen molar-refractivity contribution in [2.45, 2.75) is 45.6 Å². The van der Waals surface area contributed by atoms with E-state index in [1.54, 1.807) is 0 Å². The Morgan fingerprint density at radius 2 is 1.95 bits per heavy atom. The highest BCUT2D eigenvalue weighted by Crippen LogP contribution is 2.18. The Morgan fingerprint density at radius 1 is 1.26 bits per heavy atom.